The molecule has 0 fully saturated rings. The van der Waals surface area contributed by atoms with Crippen LogP contribution in [0.3, 0.4) is 0 Å². The van der Waals surface area contributed by atoms with Gasteiger partial charge in [-0.1, -0.05) is 24.3 Å². The zero-order chi connectivity index (χ0) is 17.0. The van der Waals surface area contributed by atoms with Crippen LogP contribution in [0.2, 0.25) is 0 Å². The predicted molar refractivity (Wildman–Crippen MR) is 74.9 cm³/mol. The normalized spacial score (nSPS) is 15.3. The highest BCUT2D eigenvalue weighted by atomic mass is 32.2. The molecule has 0 aliphatic heterocycles. The molecule has 0 spiro atoms. The van der Waals surface area contributed by atoms with Crippen LogP contribution in [-0.2, 0) is 19.7 Å². The third-order valence-electron chi connectivity index (χ3n) is 2.85. The number of carboxylic acid groups (broad SMARTS) is 2. The molecule has 3 N–H and O–H groups in total. The first-order valence-electron chi connectivity index (χ1n) is 5.95. The molecule has 0 bridgehead atoms. The van der Waals surface area contributed by atoms with Gasteiger partial charge in [0.25, 0.3) is 0 Å². The number of hydrogen-bond acceptors (Lipinski definition) is 5. The van der Waals surface area contributed by atoms with Crippen LogP contribution in [-0.4, -0.2) is 40.1 Å². The lowest BCUT2D eigenvalue weighted by atomic mass is 9.97. The molecule has 1 rings (SSSR count). The Morgan fingerprint density at radius 2 is 1.82 bits per heavy atom. The summed E-state index contributed by atoms with van der Waals surface area (Å²) in [6.07, 6.45) is 0.476. The summed E-state index contributed by atoms with van der Waals surface area (Å²) in [6.45, 7) is 3.26. The van der Waals surface area contributed by atoms with Crippen molar-refractivity contribution in [1.29, 1.82) is 0 Å². The Morgan fingerprint density at radius 3 is 2.18 bits per heavy atom. The Labute approximate surface area is 126 Å². The summed E-state index contributed by atoms with van der Waals surface area (Å²) < 4.78 is 37.7. The maximum atomic E-state index is 11.7. The van der Waals surface area contributed by atoms with Gasteiger partial charge in [0.15, 0.2) is 0 Å². The van der Waals surface area contributed by atoms with Crippen LogP contribution >= 0.6 is 0 Å². The van der Waals surface area contributed by atoms with Crippen molar-refractivity contribution in [2.24, 2.45) is 5.92 Å². The molecule has 0 heterocycles. The molecule has 120 valence electrons. The van der Waals surface area contributed by atoms with Crippen LogP contribution in [0.4, 0.5) is 0 Å². The number of benzene rings is 1. The highest BCUT2D eigenvalue weighted by Gasteiger charge is 2.62. The van der Waals surface area contributed by atoms with Crippen molar-refractivity contribution in [1.82, 2.24) is 0 Å². The molecule has 9 heteroatoms. The molecule has 8 nitrogen and oxygen atoms in total. The molecule has 1 aromatic rings. The van der Waals surface area contributed by atoms with Crippen LogP contribution in [0, 0.1) is 5.92 Å². The lowest BCUT2D eigenvalue weighted by Gasteiger charge is -2.31. The number of hydrogen-bond donors (Lipinski definition) is 3. The number of carbonyl (C=O) groups is 2. The average molecular weight is 330 g/mol. The van der Waals surface area contributed by atoms with Gasteiger partial charge in [-0.2, -0.15) is 8.42 Å². The Morgan fingerprint density at radius 1 is 1.27 bits per heavy atom. The van der Waals surface area contributed by atoms with Crippen molar-refractivity contribution in [3.8, 4) is 5.75 Å². The second-order valence-electron chi connectivity index (χ2n) is 4.28. The minimum Gasteiger partial charge on any atom is -0.481 e. The summed E-state index contributed by atoms with van der Waals surface area (Å²) in [7, 11) is -5.44. The average Bonchev–Trinajstić information content (AvgIpc) is 2.41. The molecule has 2 unspecified atom stereocenters. The summed E-state index contributed by atoms with van der Waals surface area (Å²) >= 11 is 0. The van der Waals surface area contributed by atoms with E-state index < -0.39 is 39.3 Å². The molecular formula is C13H14O8S. The monoisotopic (exact) mass is 330 g/mol. The quantitative estimate of drug-likeness (QED) is 0.474. The minimum atomic E-state index is -5.44. The minimum absolute atomic E-state index is 0.224. The van der Waals surface area contributed by atoms with Gasteiger partial charge >= 0.3 is 27.0 Å². The van der Waals surface area contributed by atoms with E-state index in [4.69, 9.17) is 9.84 Å². The van der Waals surface area contributed by atoms with Crippen molar-refractivity contribution < 1.29 is 37.5 Å². The second kappa shape index (κ2) is 6.58. The van der Waals surface area contributed by atoms with Gasteiger partial charge in [0.2, 0.25) is 0 Å². The summed E-state index contributed by atoms with van der Waals surface area (Å²) in [5.41, 5.74) is 0. The van der Waals surface area contributed by atoms with Gasteiger partial charge in [0.05, 0.1) is 0 Å². The number of allylic oxidation sites excluding steroid dienone is 1. The van der Waals surface area contributed by atoms with Gasteiger partial charge in [-0.05, 0) is 18.6 Å². The molecule has 2 atom stereocenters. The van der Waals surface area contributed by atoms with Crippen molar-refractivity contribution in [3.63, 3.8) is 0 Å². The Hall–Kier alpha value is -2.39. The molecule has 0 amide bonds. The fourth-order valence-electron chi connectivity index (χ4n) is 1.86. The predicted octanol–water partition coefficient (Wildman–Crippen LogP) is 1.01. The van der Waals surface area contributed by atoms with Gasteiger partial charge in [-0.15, -0.1) is 6.58 Å². The number of aliphatic carboxylic acids is 2. The van der Waals surface area contributed by atoms with Crippen molar-refractivity contribution in [2.75, 3.05) is 0 Å². The number of carboxylic acids is 2. The van der Waals surface area contributed by atoms with E-state index in [1.165, 1.54) is 24.3 Å². The molecule has 0 aliphatic rings. The summed E-state index contributed by atoms with van der Waals surface area (Å²) in [4.78, 5) is 19.4. The van der Waals surface area contributed by atoms with E-state index in [1.54, 1.807) is 6.07 Å². The van der Waals surface area contributed by atoms with Crippen LogP contribution in [0.15, 0.2) is 43.0 Å². The van der Waals surface area contributed by atoms with E-state index in [0.29, 0.717) is 0 Å². The van der Waals surface area contributed by atoms with Gasteiger partial charge in [0, 0.05) is 0 Å². The van der Waals surface area contributed by atoms with E-state index >= 15 is 0 Å². The van der Waals surface area contributed by atoms with E-state index in [2.05, 4.69) is 6.58 Å². The Bertz CT molecular complexity index is 667. The maximum Gasteiger partial charge on any atom is 0.367 e. The summed E-state index contributed by atoms with van der Waals surface area (Å²) in [6, 6.07) is 6.87. The molecule has 0 radical (unpaired) electrons. The van der Waals surface area contributed by atoms with E-state index in [0.717, 1.165) is 6.08 Å². The van der Waals surface area contributed by atoms with Crippen LogP contribution in [0.25, 0.3) is 0 Å². The Balaban J connectivity index is 3.57. The fourth-order valence-corrected chi connectivity index (χ4v) is 2.83. The first-order valence-corrected chi connectivity index (χ1v) is 7.39. The first kappa shape index (κ1) is 17.7. The standard InChI is InChI=1S/C13H14O8S/c1-2-6-10(11(14)15)13(12(16)17,22(18,19)20)21-9-7-4-3-5-8-9/h2-5,7-8,10H,1,6H2,(H,14,15)(H,16,17)(H,18,19,20). The van der Waals surface area contributed by atoms with Crippen LogP contribution in [0.1, 0.15) is 6.42 Å². The molecule has 0 aliphatic carbocycles. The van der Waals surface area contributed by atoms with Gasteiger partial charge < -0.3 is 14.9 Å². The smallest absolute Gasteiger partial charge is 0.367 e. The third-order valence-corrected chi connectivity index (χ3v) is 4.16. The third kappa shape index (κ3) is 3.26. The van der Waals surface area contributed by atoms with Crippen LogP contribution in [0.5, 0.6) is 5.75 Å². The largest absolute Gasteiger partial charge is 0.481 e. The molecular weight excluding hydrogens is 316 g/mol. The van der Waals surface area contributed by atoms with E-state index in [1.807, 2.05) is 0 Å². The molecule has 0 saturated carbocycles. The van der Waals surface area contributed by atoms with Crippen molar-refractivity contribution in [2.45, 2.75) is 11.4 Å². The molecule has 0 saturated heterocycles. The number of para-hydroxylation sites is 1. The molecule has 22 heavy (non-hydrogen) atoms. The highest BCUT2D eigenvalue weighted by molar-refractivity contribution is 7.88. The van der Waals surface area contributed by atoms with Gasteiger partial charge in [0.1, 0.15) is 11.7 Å². The van der Waals surface area contributed by atoms with Crippen molar-refractivity contribution in [3.05, 3.63) is 43.0 Å². The molecule has 1 aromatic carbocycles. The zero-order valence-electron chi connectivity index (χ0n) is 11.2. The zero-order valence-corrected chi connectivity index (χ0v) is 12.1. The first-order chi connectivity index (χ1) is 10.2. The number of ether oxygens (including phenoxy) is 1. The molecule has 0 aromatic heterocycles. The highest BCUT2D eigenvalue weighted by Crippen LogP contribution is 2.33. The summed E-state index contributed by atoms with van der Waals surface area (Å²) in [5.74, 6) is -6.24. The SMILES string of the molecule is C=CCC(C(=O)O)C(Oc1ccccc1)(C(=O)O)S(=O)(=O)O. The van der Waals surface area contributed by atoms with E-state index in [9.17, 15) is 27.7 Å². The lowest BCUT2D eigenvalue weighted by Crippen LogP contribution is -2.59. The topological polar surface area (TPSA) is 138 Å². The maximum absolute atomic E-state index is 11.7. The lowest BCUT2D eigenvalue weighted by molar-refractivity contribution is -0.161. The Kier molecular flexibility index (Phi) is 5.28. The van der Waals surface area contributed by atoms with Crippen molar-refractivity contribution >= 4 is 22.1 Å². The van der Waals surface area contributed by atoms with E-state index in [-0.39, 0.29) is 5.75 Å². The summed E-state index contributed by atoms with van der Waals surface area (Å²) in [5, 5.41) is 18.5. The fraction of sp³-hybridized carbons (Fsp3) is 0.231. The van der Waals surface area contributed by atoms with Crippen LogP contribution < -0.4 is 4.74 Å². The van der Waals surface area contributed by atoms with Gasteiger partial charge in [-0.3, -0.25) is 9.35 Å². The number of rotatable bonds is 8. The van der Waals surface area contributed by atoms with Gasteiger partial charge in [-0.25, -0.2) is 4.79 Å². The second-order valence-corrected chi connectivity index (χ2v) is 5.83.